The molecule has 0 saturated heterocycles. The molecule has 8 heteroatoms. The van der Waals surface area contributed by atoms with Crippen molar-refractivity contribution in [3.05, 3.63) is 11.3 Å². The number of aromatic amines is 1. The molecule has 2 rings (SSSR count). The lowest BCUT2D eigenvalue weighted by atomic mass is 10.3. The molecular weight excluding hydrogens is 282 g/mol. The largest absolute Gasteiger partial charge is 0.392 e. The summed E-state index contributed by atoms with van der Waals surface area (Å²) < 4.78 is 32.2. The zero-order chi connectivity index (χ0) is 14.6. The van der Waals surface area contributed by atoms with E-state index in [1.54, 1.807) is 6.92 Å². The molecule has 0 amide bonds. The van der Waals surface area contributed by atoms with Crippen LogP contribution in [0.1, 0.15) is 36.9 Å². The standard InChI is InChI=1S/C12H21N3O4S/c1-9-11(8-16)12(15-14-9)20(17,18)13-6-7-19-10-4-2-3-5-10/h10,13,16H,2-8H2,1H3,(H,14,15). The first-order chi connectivity index (χ1) is 9.54. The number of aromatic nitrogens is 2. The van der Waals surface area contributed by atoms with E-state index in [0.717, 1.165) is 12.8 Å². The van der Waals surface area contributed by atoms with Crippen LogP contribution in [0.25, 0.3) is 0 Å². The summed E-state index contributed by atoms with van der Waals surface area (Å²) in [5, 5.41) is 15.4. The van der Waals surface area contributed by atoms with Crippen LogP contribution in [0, 0.1) is 6.92 Å². The van der Waals surface area contributed by atoms with Gasteiger partial charge in [0.25, 0.3) is 10.0 Å². The molecule has 1 saturated carbocycles. The van der Waals surface area contributed by atoms with Gasteiger partial charge in [0.05, 0.1) is 19.3 Å². The van der Waals surface area contributed by atoms with E-state index in [2.05, 4.69) is 14.9 Å². The Morgan fingerprint density at radius 2 is 2.15 bits per heavy atom. The summed E-state index contributed by atoms with van der Waals surface area (Å²) in [6.45, 7) is 1.86. The molecule has 0 unspecified atom stereocenters. The van der Waals surface area contributed by atoms with Crippen molar-refractivity contribution in [2.75, 3.05) is 13.2 Å². The van der Waals surface area contributed by atoms with Crippen molar-refractivity contribution in [3.8, 4) is 0 Å². The van der Waals surface area contributed by atoms with E-state index >= 15 is 0 Å². The molecule has 20 heavy (non-hydrogen) atoms. The van der Waals surface area contributed by atoms with Gasteiger partial charge in [0.2, 0.25) is 0 Å². The Bertz CT molecular complexity index is 535. The number of aliphatic hydroxyl groups excluding tert-OH is 1. The van der Waals surface area contributed by atoms with Crippen LogP contribution in [0.4, 0.5) is 0 Å². The summed E-state index contributed by atoms with van der Waals surface area (Å²) in [5.74, 6) is 0. The monoisotopic (exact) mass is 303 g/mol. The molecule has 1 aromatic rings. The van der Waals surface area contributed by atoms with Crippen molar-refractivity contribution in [1.82, 2.24) is 14.9 Å². The van der Waals surface area contributed by atoms with Gasteiger partial charge in [-0.1, -0.05) is 12.8 Å². The summed E-state index contributed by atoms with van der Waals surface area (Å²) in [5.41, 5.74) is 0.851. The molecule has 114 valence electrons. The van der Waals surface area contributed by atoms with Crippen LogP contribution in [0.2, 0.25) is 0 Å². The van der Waals surface area contributed by atoms with Crippen molar-refractivity contribution >= 4 is 10.0 Å². The second-order valence-electron chi connectivity index (χ2n) is 4.97. The third-order valence-corrected chi connectivity index (χ3v) is 4.93. The Morgan fingerprint density at radius 1 is 1.45 bits per heavy atom. The third kappa shape index (κ3) is 3.57. The van der Waals surface area contributed by atoms with Crippen LogP contribution >= 0.6 is 0 Å². The summed E-state index contributed by atoms with van der Waals surface area (Å²) in [6, 6.07) is 0. The van der Waals surface area contributed by atoms with Crippen molar-refractivity contribution in [2.24, 2.45) is 0 Å². The van der Waals surface area contributed by atoms with E-state index < -0.39 is 10.0 Å². The second kappa shape index (κ2) is 6.66. The summed E-state index contributed by atoms with van der Waals surface area (Å²) in [6.07, 6.45) is 4.74. The Kier molecular flexibility index (Phi) is 5.14. The van der Waals surface area contributed by atoms with Crippen LogP contribution < -0.4 is 4.72 Å². The van der Waals surface area contributed by atoms with Crippen LogP contribution in [-0.2, 0) is 21.4 Å². The maximum atomic E-state index is 12.1. The summed E-state index contributed by atoms with van der Waals surface area (Å²) in [4.78, 5) is 0. The SMILES string of the molecule is Cc1[nH]nc(S(=O)(=O)NCCOC2CCCC2)c1CO. The number of hydrogen-bond acceptors (Lipinski definition) is 5. The Morgan fingerprint density at radius 3 is 2.80 bits per heavy atom. The van der Waals surface area contributed by atoms with E-state index in [-0.39, 0.29) is 24.3 Å². The quantitative estimate of drug-likeness (QED) is 0.634. The van der Waals surface area contributed by atoms with Crippen molar-refractivity contribution < 1.29 is 18.3 Å². The molecule has 0 aliphatic heterocycles. The highest BCUT2D eigenvalue weighted by Gasteiger charge is 2.23. The van der Waals surface area contributed by atoms with Gasteiger partial charge in [-0.3, -0.25) is 5.10 Å². The number of aliphatic hydroxyl groups is 1. The van der Waals surface area contributed by atoms with Gasteiger partial charge in [-0.05, 0) is 19.8 Å². The van der Waals surface area contributed by atoms with Gasteiger partial charge in [0, 0.05) is 17.8 Å². The molecule has 0 spiro atoms. The number of nitrogens with one attached hydrogen (secondary N) is 2. The molecule has 1 heterocycles. The number of sulfonamides is 1. The summed E-state index contributed by atoms with van der Waals surface area (Å²) in [7, 11) is -3.71. The van der Waals surface area contributed by atoms with Gasteiger partial charge in [-0.25, -0.2) is 13.1 Å². The average molecular weight is 303 g/mol. The van der Waals surface area contributed by atoms with Gasteiger partial charge in [-0.2, -0.15) is 5.10 Å². The van der Waals surface area contributed by atoms with Crippen LogP contribution in [0.15, 0.2) is 5.03 Å². The molecule has 7 nitrogen and oxygen atoms in total. The highest BCUT2D eigenvalue weighted by Crippen LogP contribution is 2.20. The fourth-order valence-corrected chi connectivity index (χ4v) is 3.56. The minimum atomic E-state index is -3.71. The zero-order valence-corrected chi connectivity index (χ0v) is 12.4. The molecule has 1 aliphatic rings. The summed E-state index contributed by atoms with van der Waals surface area (Å²) >= 11 is 0. The fraction of sp³-hybridized carbons (Fsp3) is 0.750. The number of rotatable bonds is 7. The smallest absolute Gasteiger partial charge is 0.260 e. The molecule has 1 aromatic heterocycles. The number of aryl methyl sites for hydroxylation is 1. The fourth-order valence-electron chi connectivity index (χ4n) is 2.36. The number of hydrogen-bond donors (Lipinski definition) is 3. The lowest BCUT2D eigenvalue weighted by Crippen LogP contribution is -2.29. The Hall–Kier alpha value is -0.960. The molecule has 0 aromatic carbocycles. The van der Waals surface area contributed by atoms with E-state index in [1.807, 2.05) is 0 Å². The Labute approximate surface area is 118 Å². The maximum absolute atomic E-state index is 12.1. The van der Waals surface area contributed by atoms with Gasteiger partial charge >= 0.3 is 0 Å². The first kappa shape index (κ1) is 15.4. The zero-order valence-electron chi connectivity index (χ0n) is 11.6. The molecule has 0 atom stereocenters. The predicted octanol–water partition coefficient (Wildman–Crippen LogP) is 0.448. The average Bonchev–Trinajstić information content (AvgIpc) is 3.04. The van der Waals surface area contributed by atoms with E-state index in [0.29, 0.717) is 17.9 Å². The van der Waals surface area contributed by atoms with E-state index in [9.17, 15) is 13.5 Å². The van der Waals surface area contributed by atoms with E-state index in [1.165, 1.54) is 12.8 Å². The van der Waals surface area contributed by atoms with Crippen LogP contribution in [0.3, 0.4) is 0 Å². The first-order valence-corrected chi connectivity index (χ1v) is 8.29. The third-order valence-electron chi connectivity index (χ3n) is 3.50. The van der Waals surface area contributed by atoms with Gasteiger partial charge < -0.3 is 9.84 Å². The predicted molar refractivity (Wildman–Crippen MR) is 72.6 cm³/mol. The van der Waals surface area contributed by atoms with Gasteiger partial charge in [-0.15, -0.1) is 0 Å². The van der Waals surface area contributed by atoms with Crippen LogP contribution in [-0.4, -0.2) is 43.0 Å². The number of H-pyrrole nitrogens is 1. The molecule has 0 bridgehead atoms. The molecule has 1 aliphatic carbocycles. The lowest BCUT2D eigenvalue weighted by molar-refractivity contribution is 0.0626. The first-order valence-electron chi connectivity index (χ1n) is 6.80. The Balaban J connectivity index is 1.87. The van der Waals surface area contributed by atoms with Gasteiger partial charge in [0.15, 0.2) is 5.03 Å². The lowest BCUT2D eigenvalue weighted by Gasteiger charge is -2.11. The molecule has 0 radical (unpaired) electrons. The van der Waals surface area contributed by atoms with E-state index in [4.69, 9.17) is 4.74 Å². The maximum Gasteiger partial charge on any atom is 0.260 e. The highest BCUT2D eigenvalue weighted by molar-refractivity contribution is 7.89. The molecule has 3 N–H and O–H groups in total. The minimum Gasteiger partial charge on any atom is -0.392 e. The number of nitrogens with zero attached hydrogens (tertiary/aromatic N) is 1. The van der Waals surface area contributed by atoms with Crippen molar-refractivity contribution in [2.45, 2.75) is 50.3 Å². The van der Waals surface area contributed by atoms with Gasteiger partial charge in [0.1, 0.15) is 0 Å². The number of ether oxygens (including phenoxy) is 1. The highest BCUT2D eigenvalue weighted by atomic mass is 32.2. The van der Waals surface area contributed by atoms with Crippen LogP contribution in [0.5, 0.6) is 0 Å². The second-order valence-corrected chi connectivity index (χ2v) is 6.65. The minimum absolute atomic E-state index is 0.140. The molecular formula is C12H21N3O4S. The topological polar surface area (TPSA) is 104 Å². The van der Waals surface area contributed by atoms with Crippen molar-refractivity contribution in [3.63, 3.8) is 0 Å². The molecule has 1 fully saturated rings. The normalized spacial score (nSPS) is 16.9. The van der Waals surface area contributed by atoms with Crippen molar-refractivity contribution in [1.29, 1.82) is 0 Å².